The molecular weight excluding hydrogens is 274 g/mol. The van der Waals surface area contributed by atoms with Crippen LogP contribution in [-0.2, 0) is 14.4 Å². The second-order valence-electron chi connectivity index (χ2n) is 5.22. The summed E-state index contributed by atoms with van der Waals surface area (Å²) in [6.07, 6.45) is 10.3. The Labute approximate surface area is 126 Å². The van der Waals surface area contributed by atoms with E-state index in [1.165, 1.54) is 38.5 Å². The summed E-state index contributed by atoms with van der Waals surface area (Å²) in [7, 11) is 0. The van der Waals surface area contributed by atoms with Gasteiger partial charge in [0.05, 0.1) is 0 Å². The van der Waals surface area contributed by atoms with E-state index >= 15 is 0 Å². The zero-order chi connectivity index (χ0) is 16.1. The number of carbonyl (C=O) groups excluding carboxylic acids is 2. The molecule has 0 unspecified atom stereocenters. The maximum absolute atomic E-state index is 10.2. The Balaban J connectivity index is 0.000000423. The normalized spacial score (nSPS) is 14.1. The van der Waals surface area contributed by atoms with E-state index in [0.29, 0.717) is 6.42 Å². The molecule has 0 radical (unpaired) electrons. The second-order valence-corrected chi connectivity index (χ2v) is 5.22. The number of amides is 2. The maximum Gasteiger partial charge on any atom is 0.303 e. The SMILES string of the molecule is CCCCCCCCCCC(=O)O.O=C1CCC(=O)N1O. The first-order chi connectivity index (χ1) is 9.99. The molecule has 0 spiro atoms. The van der Waals surface area contributed by atoms with Crippen molar-refractivity contribution < 1.29 is 24.7 Å². The average molecular weight is 301 g/mol. The molecule has 0 atom stereocenters. The van der Waals surface area contributed by atoms with E-state index < -0.39 is 17.8 Å². The minimum atomic E-state index is -0.661. The fraction of sp³-hybridized carbons (Fsp3) is 0.800. The van der Waals surface area contributed by atoms with Gasteiger partial charge in [0.2, 0.25) is 0 Å². The van der Waals surface area contributed by atoms with Crippen molar-refractivity contribution in [1.82, 2.24) is 5.06 Å². The number of carboxylic acid groups (broad SMARTS) is 1. The van der Waals surface area contributed by atoms with Crippen LogP contribution in [0, 0.1) is 0 Å². The van der Waals surface area contributed by atoms with Crippen molar-refractivity contribution in [2.24, 2.45) is 0 Å². The molecule has 1 saturated heterocycles. The summed E-state index contributed by atoms with van der Waals surface area (Å²) in [6, 6.07) is 0. The topological polar surface area (TPSA) is 94.9 Å². The highest BCUT2D eigenvalue weighted by Crippen LogP contribution is 2.09. The minimum absolute atomic E-state index is 0.148. The number of unbranched alkanes of at least 4 members (excludes halogenated alkanes) is 7. The summed E-state index contributed by atoms with van der Waals surface area (Å²) in [6.45, 7) is 2.22. The Morgan fingerprint density at radius 2 is 1.38 bits per heavy atom. The fourth-order valence-electron chi connectivity index (χ4n) is 1.97. The smallest absolute Gasteiger partial charge is 0.303 e. The molecule has 6 nitrogen and oxygen atoms in total. The molecule has 0 aliphatic carbocycles. The zero-order valence-electron chi connectivity index (χ0n) is 12.8. The molecule has 0 aromatic carbocycles. The lowest BCUT2D eigenvalue weighted by Gasteiger charge is -1.99. The van der Waals surface area contributed by atoms with E-state index in [4.69, 9.17) is 10.3 Å². The first kappa shape index (κ1) is 19.6. The Kier molecular flexibility index (Phi) is 11.5. The molecule has 0 saturated carbocycles. The van der Waals surface area contributed by atoms with Crippen LogP contribution in [0.25, 0.3) is 0 Å². The second kappa shape index (κ2) is 12.3. The molecule has 0 aromatic heterocycles. The third kappa shape index (κ3) is 11.0. The van der Waals surface area contributed by atoms with Gasteiger partial charge in [-0.25, -0.2) is 0 Å². The van der Waals surface area contributed by atoms with Crippen LogP contribution in [-0.4, -0.2) is 33.2 Å². The van der Waals surface area contributed by atoms with E-state index in [0.717, 1.165) is 12.8 Å². The molecule has 6 heteroatoms. The predicted molar refractivity (Wildman–Crippen MR) is 77.7 cm³/mol. The van der Waals surface area contributed by atoms with Crippen molar-refractivity contribution in [1.29, 1.82) is 0 Å². The molecule has 1 aliphatic heterocycles. The molecule has 1 aliphatic rings. The Hall–Kier alpha value is -1.43. The van der Waals surface area contributed by atoms with Crippen LogP contribution in [0.15, 0.2) is 0 Å². The van der Waals surface area contributed by atoms with Crippen molar-refractivity contribution in [2.75, 3.05) is 0 Å². The largest absolute Gasteiger partial charge is 0.481 e. The molecule has 2 N–H and O–H groups in total. The van der Waals surface area contributed by atoms with Gasteiger partial charge in [-0.2, -0.15) is 5.06 Å². The standard InChI is InChI=1S/C11H22O2.C4H5NO3/c1-2-3-4-5-6-7-8-9-10-11(12)13;6-3-1-2-4(7)5(3)8/h2-10H2,1H3,(H,12,13);8H,1-2H2. The Morgan fingerprint density at radius 1 is 0.952 bits per heavy atom. The maximum atomic E-state index is 10.2. The van der Waals surface area contributed by atoms with Crippen molar-refractivity contribution in [2.45, 2.75) is 77.6 Å². The average Bonchev–Trinajstić information content (AvgIpc) is 2.73. The van der Waals surface area contributed by atoms with Gasteiger partial charge < -0.3 is 5.11 Å². The molecule has 122 valence electrons. The van der Waals surface area contributed by atoms with E-state index in [1.807, 2.05) is 0 Å². The van der Waals surface area contributed by atoms with Crippen molar-refractivity contribution in [3.05, 3.63) is 0 Å². The number of carbonyl (C=O) groups is 3. The first-order valence-electron chi connectivity index (χ1n) is 7.75. The molecular formula is C15H27NO5. The van der Waals surface area contributed by atoms with Crippen LogP contribution in [0.2, 0.25) is 0 Å². The van der Waals surface area contributed by atoms with E-state index in [2.05, 4.69) is 6.92 Å². The van der Waals surface area contributed by atoms with E-state index in [9.17, 15) is 14.4 Å². The highest BCUT2D eigenvalue weighted by atomic mass is 16.5. The van der Waals surface area contributed by atoms with Crippen molar-refractivity contribution in [3.8, 4) is 0 Å². The summed E-state index contributed by atoms with van der Waals surface area (Å²) >= 11 is 0. The van der Waals surface area contributed by atoms with Gasteiger partial charge in [0.15, 0.2) is 0 Å². The summed E-state index contributed by atoms with van der Waals surface area (Å²) in [5.74, 6) is -1.67. The Bertz CT molecular complexity index is 314. The number of aliphatic carboxylic acids is 1. The number of hydroxylamine groups is 2. The van der Waals surface area contributed by atoms with Gasteiger partial charge in [-0.3, -0.25) is 19.6 Å². The molecule has 21 heavy (non-hydrogen) atoms. The zero-order valence-corrected chi connectivity index (χ0v) is 12.8. The fourth-order valence-corrected chi connectivity index (χ4v) is 1.97. The van der Waals surface area contributed by atoms with E-state index in [-0.39, 0.29) is 17.9 Å². The number of imide groups is 1. The molecule has 0 aromatic rings. The monoisotopic (exact) mass is 301 g/mol. The molecule has 1 heterocycles. The number of nitrogens with zero attached hydrogens (tertiary/aromatic N) is 1. The van der Waals surface area contributed by atoms with Gasteiger partial charge in [-0.15, -0.1) is 0 Å². The highest BCUT2D eigenvalue weighted by molar-refractivity contribution is 6.00. The van der Waals surface area contributed by atoms with Crippen LogP contribution in [0.4, 0.5) is 0 Å². The number of carboxylic acids is 1. The van der Waals surface area contributed by atoms with Gasteiger partial charge in [-0.1, -0.05) is 51.9 Å². The summed E-state index contributed by atoms with van der Waals surface area (Å²) < 4.78 is 0. The van der Waals surface area contributed by atoms with Gasteiger partial charge >= 0.3 is 5.97 Å². The third-order valence-electron chi connectivity index (χ3n) is 3.27. The van der Waals surface area contributed by atoms with Gasteiger partial charge in [0.25, 0.3) is 11.8 Å². The molecule has 0 bridgehead atoms. The third-order valence-corrected chi connectivity index (χ3v) is 3.27. The number of hydrogen-bond donors (Lipinski definition) is 2. The van der Waals surface area contributed by atoms with Crippen molar-refractivity contribution in [3.63, 3.8) is 0 Å². The van der Waals surface area contributed by atoms with E-state index in [1.54, 1.807) is 0 Å². The molecule has 2 amide bonds. The summed E-state index contributed by atoms with van der Waals surface area (Å²) in [5, 5.41) is 17.0. The quantitative estimate of drug-likeness (QED) is 0.387. The highest BCUT2D eigenvalue weighted by Gasteiger charge is 2.26. The molecule has 1 fully saturated rings. The van der Waals surface area contributed by atoms with Crippen LogP contribution in [0.5, 0.6) is 0 Å². The predicted octanol–water partition coefficient (Wildman–Crippen LogP) is 3.13. The van der Waals surface area contributed by atoms with Crippen LogP contribution >= 0.6 is 0 Å². The summed E-state index contributed by atoms with van der Waals surface area (Å²) in [4.78, 5) is 30.7. The lowest BCUT2D eigenvalue weighted by Crippen LogP contribution is -2.24. The summed E-state index contributed by atoms with van der Waals surface area (Å²) in [5.41, 5.74) is 0. The Morgan fingerprint density at radius 3 is 1.71 bits per heavy atom. The van der Waals surface area contributed by atoms with Crippen LogP contribution < -0.4 is 0 Å². The van der Waals surface area contributed by atoms with Crippen LogP contribution in [0.1, 0.15) is 77.6 Å². The lowest BCUT2D eigenvalue weighted by atomic mass is 10.1. The van der Waals surface area contributed by atoms with Gasteiger partial charge in [0.1, 0.15) is 0 Å². The van der Waals surface area contributed by atoms with Crippen LogP contribution in [0.3, 0.4) is 0 Å². The minimum Gasteiger partial charge on any atom is -0.481 e. The number of rotatable bonds is 9. The van der Waals surface area contributed by atoms with Gasteiger partial charge in [0, 0.05) is 19.3 Å². The van der Waals surface area contributed by atoms with Crippen molar-refractivity contribution >= 4 is 17.8 Å². The first-order valence-corrected chi connectivity index (χ1v) is 7.75. The number of hydrogen-bond acceptors (Lipinski definition) is 4. The molecule has 1 rings (SSSR count). The lowest BCUT2D eigenvalue weighted by molar-refractivity contribution is -0.171. The van der Waals surface area contributed by atoms with Gasteiger partial charge in [-0.05, 0) is 6.42 Å².